The summed E-state index contributed by atoms with van der Waals surface area (Å²) in [6.07, 6.45) is 8.64. The van der Waals surface area contributed by atoms with Gasteiger partial charge in [-0.1, -0.05) is 12.1 Å². The molecular formula is C21H19FN4O3S. The van der Waals surface area contributed by atoms with Crippen LogP contribution in [0.25, 0.3) is 11.3 Å². The number of allylic oxidation sites excluding steroid dienone is 2. The highest BCUT2D eigenvalue weighted by molar-refractivity contribution is 7.90. The maximum Gasteiger partial charge on any atom is 0.207 e. The second-order valence-electron chi connectivity index (χ2n) is 6.53. The fourth-order valence-corrected chi connectivity index (χ4v) is 3.35. The number of hydrogen-bond acceptors (Lipinski definition) is 6. The van der Waals surface area contributed by atoms with Crippen LogP contribution in [-0.2, 0) is 16.3 Å². The van der Waals surface area contributed by atoms with Gasteiger partial charge in [-0.3, -0.25) is 14.8 Å². The second kappa shape index (κ2) is 8.91. The van der Waals surface area contributed by atoms with E-state index in [0.29, 0.717) is 16.8 Å². The molecule has 0 amide bonds. The molecule has 0 aliphatic rings. The fourth-order valence-electron chi connectivity index (χ4n) is 2.76. The van der Waals surface area contributed by atoms with Gasteiger partial charge in [-0.2, -0.15) is 5.10 Å². The van der Waals surface area contributed by atoms with Crippen molar-refractivity contribution in [2.24, 2.45) is 4.99 Å². The van der Waals surface area contributed by atoms with Crippen molar-refractivity contribution in [3.05, 3.63) is 88.4 Å². The van der Waals surface area contributed by atoms with Crippen LogP contribution in [0.5, 0.6) is 0 Å². The van der Waals surface area contributed by atoms with Crippen molar-refractivity contribution in [3.8, 4) is 5.69 Å². The number of rotatable bonds is 6. The van der Waals surface area contributed by atoms with Gasteiger partial charge in [-0.15, -0.1) is 0 Å². The summed E-state index contributed by atoms with van der Waals surface area (Å²) in [7, 11) is -1.86. The van der Waals surface area contributed by atoms with E-state index in [1.165, 1.54) is 53.8 Å². The predicted molar refractivity (Wildman–Crippen MR) is 113 cm³/mol. The lowest BCUT2D eigenvalue weighted by Gasteiger charge is -2.11. The molecule has 0 aliphatic heterocycles. The van der Waals surface area contributed by atoms with E-state index in [0.717, 1.165) is 6.26 Å². The zero-order valence-corrected chi connectivity index (χ0v) is 17.2. The van der Waals surface area contributed by atoms with Gasteiger partial charge >= 0.3 is 0 Å². The fraction of sp³-hybridized carbons (Fsp3) is 0.143. The van der Waals surface area contributed by atoms with E-state index in [1.54, 1.807) is 25.3 Å². The predicted octanol–water partition coefficient (Wildman–Crippen LogP) is 2.50. The normalized spacial score (nSPS) is 12.4. The van der Waals surface area contributed by atoms with E-state index in [9.17, 15) is 17.6 Å². The molecule has 0 unspecified atom stereocenters. The zero-order chi connectivity index (χ0) is 21.7. The van der Waals surface area contributed by atoms with Crippen LogP contribution in [0.1, 0.15) is 11.3 Å². The van der Waals surface area contributed by atoms with Gasteiger partial charge in [0.25, 0.3) is 0 Å². The number of aliphatic imine (C=N–C) groups is 1. The van der Waals surface area contributed by atoms with Crippen LogP contribution in [0.3, 0.4) is 0 Å². The quantitative estimate of drug-likeness (QED) is 0.565. The Balaban J connectivity index is 2.09. The molecule has 0 aliphatic carbocycles. The molecule has 3 rings (SSSR count). The highest BCUT2D eigenvalue weighted by Gasteiger charge is 2.13. The summed E-state index contributed by atoms with van der Waals surface area (Å²) in [5.41, 5.74) is 1.41. The highest BCUT2D eigenvalue weighted by atomic mass is 32.2. The Morgan fingerprint density at radius 2 is 2.03 bits per heavy atom. The molecule has 0 radical (unpaired) electrons. The van der Waals surface area contributed by atoms with E-state index in [2.05, 4.69) is 15.1 Å². The number of nitrogens with zero attached hydrogens (tertiary/aromatic N) is 4. The third-order valence-electron chi connectivity index (χ3n) is 4.21. The molecule has 30 heavy (non-hydrogen) atoms. The molecule has 0 saturated carbocycles. The van der Waals surface area contributed by atoms with Gasteiger partial charge in [0, 0.05) is 38.0 Å². The average molecular weight is 426 g/mol. The van der Waals surface area contributed by atoms with Crippen LogP contribution in [0.2, 0.25) is 0 Å². The summed E-state index contributed by atoms with van der Waals surface area (Å²) in [4.78, 5) is 20.5. The highest BCUT2D eigenvalue weighted by Crippen LogP contribution is 2.17. The molecule has 154 valence electrons. The molecule has 2 aromatic heterocycles. The van der Waals surface area contributed by atoms with Crippen molar-refractivity contribution in [3.63, 3.8) is 0 Å². The van der Waals surface area contributed by atoms with Crippen molar-refractivity contribution >= 4 is 21.6 Å². The van der Waals surface area contributed by atoms with Gasteiger partial charge in [0.05, 0.1) is 16.8 Å². The molecule has 0 saturated heterocycles. The molecule has 0 fully saturated rings. The summed E-state index contributed by atoms with van der Waals surface area (Å²) in [5, 5.41) is 4.38. The molecule has 3 aromatic rings. The first-order valence-corrected chi connectivity index (χ1v) is 10.8. The maximum absolute atomic E-state index is 13.6. The Labute approximate surface area is 173 Å². The second-order valence-corrected chi connectivity index (χ2v) is 8.55. The standard InChI is InChI=1S/C21H19FN4O3S/c1-23-8-6-16(10-15-4-3-5-17(22)11-15)21-20(27)7-9-26(25-21)18-12-19(14-24-13-18)30(2,28)29/h3-9,11-14H,10H2,1-2H3/b16-6+,23-8?. The van der Waals surface area contributed by atoms with E-state index in [1.807, 2.05) is 0 Å². The van der Waals surface area contributed by atoms with Crippen LogP contribution < -0.4 is 5.43 Å². The first kappa shape index (κ1) is 21.3. The van der Waals surface area contributed by atoms with E-state index in [4.69, 9.17) is 0 Å². The largest absolute Gasteiger partial charge is 0.297 e. The van der Waals surface area contributed by atoms with Gasteiger partial charge in [0.15, 0.2) is 9.84 Å². The molecule has 2 heterocycles. The minimum absolute atomic E-state index is 0.0377. The summed E-state index contributed by atoms with van der Waals surface area (Å²) < 4.78 is 38.6. The van der Waals surface area contributed by atoms with Crippen LogP contribution in [-0.4, -0.2) is 42.7 Å². The topological polar surface area (TPSA) is 94.3 Å². The SMILES string of the molecule is CN=C/C=C(\Cc1cccc(F)c1)c1nn(-c2cncc(S(C)(=O)=O)c2)ccc1=O. The number of benzene rings is 1. The van der Waals surface area contributed by atoms with Crippen LogP contribution >= 0.6 is 0 Å². The molecule has 0 bridgehead atoms. The van der Waals surface area contributed by atoms with Crippen molar-refractivity contribution in [1.29, 1.82) is 0 Å². The average Bonchev–Trinajstić information content (AvgIpc) is 2.71. The van der Waals surface area contributed by atoms with Crippen molar-refractivity contribution in [2.75, 3.05) is 13.3 Å². The molecular weight excluding hydrogens is 407 g/mol. The van der Waals surface area contributed by atoms with Crippen LogP contribution in [0, 0.1) is 5.82 Å². The summed E-state index contributed by atoms with van der Waals surface area (Å²) >= 11 is 0. The van der Waals surface area contributed by atoms with Gasteiger partial charge in [-0.05, 0) is 41.8 Å². The Bertz CT molecular complexity index is 1300. The number of hydrogen-bond donors (Lipinski definition) is 0. The molecule has 7 nitrogen and oxygen atoms in total. The van der Waals surface area contributed by atoms with Gasteiger partial charge in [0.1, 0.15) is 11.5 Å². The van der Waals surface area contributed by atoms with Gasteiger partial charge in [-0.25, -0.2) is 17.5 Å². The molecule has 0 N–H and O–H groups in total. The Kier molecular flexibility index (Phi) is 6.31. The van der Waals surface area contributed by atoms with E-state index < -0.39 is 9.84 Å². The lowest BCUT2D eigenvalue weighted by molar-refractivity contribution is 0.601. The van der Waals surface area contributed by atoms with Crippen LogP contribution in [0.15, 0.2) is 75.7 Å². The number of sulfone groups is 1. The lowest BCUT2D eigenvalue weighted by Crippen LogP contribution is -2.16. The Morgan fingerprint density at radius 1 is 1.23 bits per heavy atom. The Hall–Kier alpha value is -3.46. The van der Waals surface area contributed by atoms with Crippen molar-refractivity contribution in [1.82, 2.24) is 14.8 Å². The third kappa shape index (κ3) is 5.12. The van der Waals surface area contributed by atoms with Gasteiger partial charge in [0.2, 0.25) is 5.43 Å². The smallest absolute Gasteiger partial charge is 0.207 e. The van der Waals surface area contributed by atoms with Crippen molar-refractivity contribution < 1.29 is 12.8 Å². The van der Waals surface area contributed by atoms with Crippen molar-refractivity contribution in [2.45, 2.75) is 11.3 Å². The molecule has 0 spiro atoms. The molecule has 9 heteroatoms. The first-order valence-electron chi connectivity index (χ1n) is 8.89. The lowest BCUT2D eigenvalue weighted by atomic mass is 10.0. The van der Waals surface area contributed by atoms with Gasteiger partial charge < -0.3 is 0 Å². The number of aromatic nitrogens is 3. The minimum Gasteiger partial charge on any atom is -0.297 e. The van der Waals surface area contributed by atoms with Crippen LogP contribution in [0.4, 0.5) is 4.39 Å². The number of pyridine rings is 1. The maximum atomic E-state index is 13.6. The summed E-state index contributed by atoms with van der Waals surface area (Å²) in [6, 6.07) is 8.83. The monoisotopic (exact) mass is 426 g/mol. The summed E-state index contributed by atoms with van der Waals surface area (Å²) in [5.74, 6) is -0.377. The summed E-state index contributed by atoms with van der Waals surface area (Å²) in [6.45, 7) is 0. The first-order chi connectivity index (χ1) is 14.3. The van der Waals surface area contributed by atoms with E-state index >= 15 is 0 Å². The third-order valence-corrected chi connectivity index (χ3v) is 5.29. The molecule has 1 aromatic carbocycles. The Morgan fingerprint density at radius 3 is 2.73 bits per heavy atom. The minimum atomic E-state index is -3.45. The molecule has 0 atom stereocenters. The zero-order valence-electron chi connectivity index (χ0n) is 16.4. The van der Waals surface area contributed by atoms with E-state index in [-0.39, 0.29) is 28.3 Å². The number of halogens is 1.